The van der Waals surface area contributed by atoms with Gasteiger partial charge in [0.05, 0.1) is 12.8 Å². The largest absolute Gasteiger partial charge is 0.475 e. The van der Waals surface area contributed by atoms with E-state index in [1.807, 2.05) is 22.6 Å². The number of nitrogens with zero attached hydrogens (tertiary/aromatic N) is 1. The van der Waals surface area contributed by atoms with Gasteiger partial charge in [0.1, 0.15) is 5.78 Å². The highest BCUT2D eigenvalue weighted by atomic mass is 127. The minimum atomic E-state index is -1.62. The molecule has 0 heterocycles. The van der Waals surface area contributed by atoms with Crippen molar-refractivity contribution < 1.29 is 14.7 Å². The van der Waals surface area contributed by atoms with E-state index in [9.17, 15) is 9.59 Å². The number of carboxylic acids is 1. The second-order valence-electron chi connectivity index (χ2n) is 2.89. The van der Waals surface area contributed by atoms with E-state index in [1.165, 1.54) is 6.92 Å². The molecule has 5 heteroatoms. The highest BCUT2D eigenvalue weighted by Crippen LogP contribution is 2.23. The predicted octanol–water partition coefficient (Wildman–Crippen LogP) is 2.05. The molecule has 0 spiro atoms. The molecule has 0 saturated heterocycles. The first kappa shape index (κ1) is 13.1. The van der Waals surface area contributed by atoms with Crippen molar-refractivity contribution in [2.75, 3.05) is 0 Å². The Morgan fingerprint density at radius 3 is 2.50 bits per heavy atom. The van der Waals surface area contributed by atoms with Crippen molar-refractivity contribution in [1.29, 1.82) is 0 Å². The van der Waals surface area contributed by atoms with Crippen molar-refractivity contribution in [1.82, 2.24) is 0 Å². The Labute approximate surface area is 96.0 Å². The molecule has 0 saturated carbocycles. The summed E-state index contributed by atoms with van der Waals surface area (Å²) < 4.78 is 1.64. The molecule has 0 aromatic carbocycles. The third-order valence-corrected chi connectivity index (χ3v) is 2.21. The molecule has 0 aliphatic heterocycles. The fourth-order valence-electron chi connectivity index (χ4n) is 1.02. The first-order valence-electron chi connectivity index (χ1n) is 3.85. The van der Waals surface area contributed by atoms with Crippen LogP contribution in [0.15, 0.2) is 10.2 Å². The first-order chi connectivity index (χ1) is 6.48. The molecule has 0 aliphatic rings. The molecule has 1 atom stereocenters. The third kappa shape index (κ3) is 3.46. The normalized spacial score (nSPS) is 14.6. The van der Waals surface area contributed by atoms with Gasteiger partial charge >= 0.3 is 11.5 Å². The molecule has 4 nitrogen and oxygen atoms in total. The van der Waals surface area contributed by atoms with Crippen LogP contribution in [-0.2, 0) is 9.59 Å². The quantitative estimate of drug-likeness (QED) is 0.625. The monoisotopic (exact) mass is 307 g/mol. The smallest absolute Gasteiger partial charge is 0.391 e. The lowest BCUT2D eigenvalue weighted by Gasteiger charge is -2.13. The minimum Gasteiger partial charge on any atom is -0.475 e. The lowest BCUT2D eigenvalue weighted by Crippen LogP contribution is -2.36. The molecule has 0 fully saturated rings. The maximum absolute atomic E-state index is 10.9. The van der Waals surface area contributed by atoms with E-state index >= 15 is 0 Å². The highest BCUT2D eigenvalue weighted by molar-refractivity contribution is 14.1. The van der Waals surface area contributed by atoms with Gasteiger partial charge in [-0.25, -0.2) is 11.4 Å². The molecule has 0 radical (unpaired) electrons. The summed E-state index contributed by atoms with van der Waals surface area (Å²) in [7, 11) is 0. The van der Waals surface area contributed by atoms with Crippen molar-refractivity contribution >= 4 is 34.3 Å². The Hall–Kier alpha value is -0.900. The van der Waals surface area contributed by atoms with Gasteiger partial charge < -0.3 is 5.11 Å². The van der Waals surface area contributed by atoms with Gasteiger partial charge in [0, 0.05) is 0 Å². The van der Waals surface area contributed by atoms with Crippen LogP contribution >= 0.6 is 22.6 Å². The Morgan fingerprint density at radius 2 is 2.21 bits per heavy atom. The van der Waals surface area contributed by atoms with Gasteiger partial charge in [-0.2, -0.15) is 0 Å². The van der Waals surface area contributed by atoms with Gasteiger partial charge in [-0.1, -0.05) is 28.7 Å². The van der Waals surface area contributed by atoms with Gasteiger partial charge in [-0.3, -0.25) is 9.64 Å². The molecular formula is C9H10INO3. The summed E-state index contributed by atoms with van der Waals surface area (Å²) in [5.41, 5.74) is -1.62. The molecule has 1 N–H and O–H groups in total. The maximum atomic E-state index is 10.9. The molecule has 0 bridgehead atoms. The lowest BCUT2D eigenvalue weighted by molar-refractivity contribution is -0.143. The van der Waals surface area contributed by atoms with Crippen molar-refractivity contribution in [3.8, 4) is 0 Å². The van der Waals surface area contributed by atoms with Crippen LogP contribution in [0, 0.1) is 6.57 Å². The van der Waals surface area contributed by atoms with Crippen LogP contribution in [0.1, 0.15) is 19.8 Å². The van der Waals surface area contributed by atoms with E-state index in [0.717, 1.165) is 0 Å². The van der Waals surface area contributed by atoms with Crippen LogP contribution in [0.25, 0.3) is 4.85 Å². The van der Waals surface area contributed by atoms with E-state index in [1.54, 1.807) is 10.2 Å². The van der Waals surface area contributed by atoms with Gasteiger partial charge in [-0.15, -0.1) is 0 Å². The second-order valence-corrected chi connectivity index (χ2v) is 3.61. The molecule has 0 aliphatic carbocycles. The maximum Gasteiger partial charge on any atom is 0.391 e. The van der Waals surface area contributed by atoms with Gasteiger partial charge in [0.15, 0.2) is 0 Å². The molecule has 0 rings (SSSR count). The summed E-state index contributed by atoms with van der Waals surface area (Å²) in [4.78, 5) is 24.8. The summed E-state index contributed by atoms with van der Waals surface area (Å²) in [5, 5.41) is 8.90. The summed E-state index contributed by atoms with van der Waals surface area (Å²) >= 11 is 1.94. The summed E-state index contributed by atoms with van der Waals surface area (Å²) in [6.45, 7) is 8.15. The number of Topliss-reactive ketones (excluding diaryl/α,β-unsaturated/α-hetero) is 1. The first-order valence-corrected chi connectivity index (χ1v) is 5.10. The van der Waals surface area contributed by atoms with E-state index < -0.39 is 11.5 Å². The molecule has 0 aromatic rings. The third-order valence-electron chi connectivity index (χ3n) is 1.70. The molecule has 0 amide bonds. The standard InChI is InChI=1S/C9H10INO3/c1-7(12)6-9(11-2,8(13)14)4-3-5-10/h3,5H,4,6H2,1H3,(H,13,14)/t9-/m1/s1. The van der Waals surface area contributed by atoms with Crippen molar-refractivity contribution in [2.24, 2.45) is 0 Å². The zero-order valence-electron chi connectivity index (χ0n) is 7.66. The number of rotatable bonds is 5. The number of carbonyl (C=O) groups is 2. The number of hydrogen-bond acceptors (Lipinski definition) is 2. The zero-order valence-corrected chi connectivity index (χ0v) is 9.82. The van der Waals surface area contributed by atoms with Crippen LogP contribution < -0.4 is 0 Å². The van der Waals surface area contributed by atoms with Crippen LogP contribution in [0.5, 0.6) is 0 Å². The minimum absolute atomic E-state index is 0.0638. The fraction of sp³-hybridized carbons (Fsp3) is 0.444. The number of hydrogen-bond donors (Lipinski definition) is 1. The number of carbonyl (C=O) groups excluding carboxylic acids is 1. The number of ketones is 1. The molecule has 14 heavy (non-hydrogen) atoms. The van der Waals surface area contributed by atoms with Gasteiger partial charge in [0.2, 0.25) is 0 Å². The molecule has 0 unspecified atom stereocenters. The van der Waals surface area contributed by atoms with Crippen molar-refractivity contribution in [3.63, 3.8) is 0 Å². The second kappa shape index (κ2) is 5.75. The summed E-state index contributed by atoms with van der Waals surface area (Å²) in [6, 6.07) is 0. The highest BCUT2D eigenvalue weighted by Gasteiger charge is 2.45. The average Bonchev–Trinajstić information content (AvgIpc) is 2.11. The Bertz CT molecular complexity index is 306. The van der Waals surface area contributed by atoms with Gasteiger partial charge in [0.25, 0.3) is 0 Å². The van der Waals surface area contributed by atoms with Crippen LogP contribution in [0.4, 0.5) is 0 Å². The van der Waals surface area contributed by atoms with Crippen LogP contribution in [0.2, 0.25) is 0 Å². The lowest BCUT2D eigenvalue weighted by atomic mass is 9.90. The van der Waals surface area contributed by atoms with E-state index in [2.05, 4.69) is 4.85 Å². The summed E-state index contributed by atoms with van der Waals surface area (Å²) in [5.74, 6) is -1.53. The average molecular weight is 307 g/mol. The van der Waals surface area contributed by atoms with Crippen LogP contribution in [-0.4, -0.2) is 22.4 Å². The zero-order chi connectivity index (χ0) is 11.2. The number of carboxylic acid groups (broad SMARTS) is 1. The Morgan fingerprint density at radius 1 is 1.64 bits per heavy atom. The van der Waals surface area contributed by atoms with E-state index in [0.29, 0.717) is 0 Å². The Kier molecular flexibility index (Phi) is 5.38. The Balaban J connectivity index is 4.90. The molecule has 0 aromatic heterocycles. The van der Waals surface area contributed by atoms with Crippen molar-refractivity contribution in [2.45, 2.75) is 25.3 Å². The summed E-state index contributed by atoms with van der Waals surface area (Å²) in [6.07, 6.45) is 1.40. The van der Waals surface area contributed by atoms with Crippen molar-refractivity contribution in [3.05, 3.63) is 21.6 Å². The van der Waals surface area contributed by atoms with Crippen LogP contribution in [0.3, 0.4) is 0 Å². The molecule has 76 valence electrons. The van der Waals surface area contributed by atoms with E-state index in [-0.39, 0.29) is 18.6 Å². The predicted molar refractivity (Wildman–Crippen MR) is 60.0 cm³/mol. The fourth-order valence-corrected chi connectivity index (χ4v) is 1.27. The van der Waals surface area contributed by atoms with Gasteiger partial charge in [-0.05, 0) is 11.0 Å². The number of halogens is 1. The number of aliphatic carboxylic acids is 1. The van der Waals surface area contributed by atoms with E-state index in [4.69, 9.17) is 11.7 Å². The SMILES string of the molecule is [C-]#[N+][C@](CC=CI)(CC(C)=O)C(=O)O. The topological polar surface area (TPSA) is 58.7 Å². The molecular weight excluding hydrogens is 297 g/mol.